The molecule has 4 nitrogen and oxygen atoms in total. The third-order valence-corrected chi connectivity index (χ3v) is 3.38. The van der Waals surface area contributed by atoms with Gasteiger partial charge in [0, 0.05) is 12.6 Å². The van der Waals surface area contributed by atoms with E-state index in [0.29, 0.717) is 13.0 Å². The fourth-order valence-electron chi connectivity index (χ4n) is 2.42. The van der Waals surface area contributed by atoms with Gasteiger partial charge in [0.25, 0.3) is 0 Å². The zero-order chi connectivity index (χ0) is 12.4. The van der Waals surface area contributed by atoms with Gasteiger partial charge >= 0.3 is 5.97 Å². The zero-order valence-corrected chi connectivity index (χ0v) is 10.1. The number of nitrogens with zero attached hydrogens (tertiary/aromatic N) is 1. The molecule has 1 fully saturated rings. The van der Waals surface area contributed by atoms with Gasteiger partial charge in [-0.05, 0) is 31.2 Å². The number of carboxylic acids is 1. The van der Waals surface area contributed by atoms with Gasteiger partial charge in [-0.3, -0.25) is 9.69 Å². The van der Waals surface area contributed by atoms with Crippen LogP contribution in [0, 0.1) is 5.92 Å². The van der Waals surface area contributed by atoms with Gasteiger partial charge in [0.05, 0.1) is 13.0 Å². The van der Waals surface area contributed by atoms with Crippen LogP contribution in [0.25, 0.3) is 0 Å². The number of carbonyl (C=O) groups is 1. The van der Waals surface area contributed by atoms with Gasteiger partial charge in [-0.15, -0.1) is 0 Å². The summed E-state index contributed by atoms with van der Waals surface area (Å²) >= 11 is 0. The van der Waals surface area contributed by atoms with Crippen molar-refractivity contribution in [3.63, 3.8) is 0 Å². The highest BCUT2D eigenvalue weighted by Gasteiger charge is 2.34. The third kappa shape index (κ3) is 2.42. The van der Waals surface area contributed by atoms with Gasteiger partial charge in [-0.2, -0.15) is 0 Å². The maximum Gasteiger partial charge on any atom is 0.307 e. The Kier molecular flexibility index (Phi) is 3.33. The van der Waals surface area contributed by atoms with Crippen molar-refractivity contribution in [1.82, 2.24) is 4.90 Å². The summed E-state index contributed by atoms with van der Waals surface area (Å²) in [7, 11) is 3.60. The quantitative estimate of drug-likeness (QED) is 0.867. The second-order valence-electron chi connectivity index (χ2n) is 4.50. The molecule has 0 aromatic heterocycles. The van der Waals surface area contributed by atoms with E-state index in [0.717, 1.165) is 11.3 Å². The summed E-state index contributed by atoms with van der Waals surface area (Å²) in [5.41, 5.74) is 1.12. The second kappa shape index (κ2) is 4.75. The van der Waals surface area contributed by atoms with Crippen molar-refractivity contribution in [2.24, 2.45) is 5.92 Å². The Hall–Kier alpha value is -1.55. The highest BCUT2D eigenvalue weighted by molar-refractivity contribution is 5.70. The minimum atomic E-state index is -0.706. The molecule has 1 aliphatic heterocycles. The summed E-state index contributed by atoms with van der Waals surface area (Å²) in [4.78, 5) is 13.1. The Morgan fingerprint density at radius 2 is 2.29 bits per heavy atom. The molecular formula is C13H17NO3. The SMILES string of the molecule is COc1cccc([C@@H]2C[C@@H](C(=O)O)CN2C)c1. The number of benzene rings is 1. The Bertz CT molecular complexity index is 419. The van der Waals surface area contributed by atoms with E-state index in [1.54, 1.807) is 7.11 Å². The summed E-state index contributed by atoms with van der Waals surface area (Å²) in [5, 5.41) is 9.05. The maximum absolute atomic E-state index is 11.0. The maximum atomic E-state index is 11.0. The molecule has 0 saturated carbocycles. The summed E-state index contributed by atoms with van der Waals surface area (Å²) in [6.07, 6.45) is 0.666. The van der Waals surface area contributed by atoms with E-state index >= 15 is 0 Å². The zero-order valence-electron chi connectivity index (χ0n) is 10.1. The smallest absolute Gasteiger partial charge is 0.307 e. The number of aliphatic carboxylic acids is 1. The molecule has 1 N–H and O–H groups in total. The van der Waals surface area contributed by atoms with Gasteiger partial charge in [-0.25, -0.2) is 0 Å². The van der Waals surface area contributed by atoms with Gasteiger partial charge in [-0.1, -0.05) is 12.1 Å². The van der Waals surface area contributed by atoms with E-state index in [1.807, 2.05) is 31.3 Å². The molecule has 2 rings (SSSR count). The van der Waals surface area contributed by atoms with Gasteiger partial charge in [0.1, 0.15) is 5.75 Å². The molecule has 0 bridgehead atoms. The number of ether oxygens (including phenoxy) is 1. The molecule has 4 heteroatoms. The lowest BCUT2D eigenvalue weighted by molar-refractivity contribution is -0.141. The minimum Gasteiger partial charge on any atom is -0.497 e. The van der Waals surface area contributed by atoms with E-state index < -0.39 is 5.97 Å². The van der Waals surface area contributed by atoms with E-state index in [4.69, 9.17) is 9.84 Å². The lowest BCUT2D eigenvalue weighted by Gasteiger charge is -2.19. The lowest BCUT2D eigenvalue weighted by Crippen LogP contribution is -2.20. The molecule has 0 unspecified atom stereocenters. The van der Waals surface area contributed by atoms with Crippen molar-refractivity contribution in [3.8, 4) is 5.75 Å². The molecule has 0 aliphatic carbocycles. The molecule has 1 aromatic carbocycles. The van der Waals surface area contributed by atoms with Gasteiger partial charge in [0.2, 0.25) is 0 Å². The Morgan fingerprint density at radius 1 is 1.53 bits per heavy atom. The summed E-state index contributed by atoms with van der Waals surface area (Å²) in [5.74, 6) is -0.159. The Balaban J connectivity index is 2.19. The van der Waals surface area contributed by atoms with Crippen LogP contribution >= 0.6 is 0 Å². The summed E-state index contributed by atoms with van der Waals surface area (Å²) < 4.78 is 5.19. The van der Waals surface area contributed by atoms with Crippen molar-refractivity contribution >= 4 is 5.97 Å². The molecule has 0 spiro atoms. The van der Waals surface area contributed by atoms with Crippen LogP contribution in [-0.4, -0.2) is 36.7 Å². The van der Waals surface area contributed by atoms with Gasteiger partial charge in [0.15, 0.2) is 0 Å². The number of likely N-dealkylation sites (tertiary alicyclic amines) is 1. The first kappa shape index (κ1) is 11.9. The molecule has 92 valence electrons. The topological polar surface area (TPSA) is 49.8 Å². The number of hydrogen-bond donors (Lipinski definition) is 1. The first-order valence-electron chi connectivity index (χ1n) is 5.69. The number of methoxy groups -OCH3 is 1. The van der Waals surface area contributed by atoms with Crippen LogP contribution in [0.3, 0.4) is 0 Å². The number of hydrogen-bond acceptors (Lipinski definition) is 3. The van der Waals surface area contributed by atoms with Crippen LogP contribution in [0.2, 0.25) is 0 Å². The predicted octanol–water partition coefficient (Wildman–Crippen LogP) is 1.77. The van der Waals surface area contributed by atoms with Crippen molar-refractivity contribution in [2.45, 2.75) is 12.5 Å². The van der Waals surface area contributed by atoms with Crippen LogP contribution in [0.5, 0.6) is 5.75 Å². The molecule has 1 aliphatic rings. The number of rotatable bonds is 3. The van der Waals surface area contributed by atoms with Crippen LogP contribution in [0.15, 0.2) is 24.3 Å². The number of carboxylic acid groups (broad SMARTS) is 1. The largest absolute Gasteiger partial charge is 0.497 e. The van der Waals surface area contributed by atoms with E-state index in [-0.39, 0.29) is 12.0 Å². The normalized spacial score (nSPS) is 24.8. The average molecular weight is 235 g/mol. The molecular weight excluding hydrogens is 218 g/mol. The molecule has 1 heterocycles. The predicted molar refractivity (Wildman–Crippen MR) is 64.1 cm³/mol. The van der Waals surface area contributed by atoms with Crippen LogP contribution < -0.4 is 4.74 Å². The van der Waals surface area contributed by atoms with Crippen molar-refractivity contribution in [1.29, 1.82) is 0 Å². The fourth-order valence-corrected chi connectivity index (χ4v) is 2.42. The van der Waals surface area contributed by atoms with Crippen molar-refractivity contribution < 1.29 is 14.6 Å². The van der Waals surface area contributed by atoms with Crippen LogP contribution in [0.1, 0.15) is 18.0 Å². The highest BCUT2D eigenvalue weighted by Crippen LogP contribution is 2.35. The van der Waals surface area contributed by atoms with Crippen molar-refractivity contribution in [3.05, 3.63) is 29.8 Å². The van der Waals surface area contributed by atoms with Crippen LogP contribution in [-0.2, 0) is 4.79 Å². The molecule has 1 aromatic rings. The van der Waals surface area contributed by atoms with Crippen LogP contribution in [0.4, 0.5) is 0 Å². The molecule has 1 saturated heterocycles. The second-order valence-corrected chi connectivity index (χ2v) is 4.50. The lowest BCUT2D eigenvalue weighted by atomic mass is 10.00. The average Bonchev–Trinajstić information content (AvgIpc) is 2.72. The third-order valence-electron chi connectivity index (χ3n) is 3.38. The molecule has 2 atom stereocenters. The Morgan fingerprint density at radius 3 is 2.88 bits per heavy atom. The minimum absolute atomic E-state index is 0.172. The monoisotopic (exact) mass is 235 g/mol. The van der Waals surface area contributed by atoms with E-state index in [9.17, 15) is 4.79 Å². The fraction of sp³-hybridized carbons (Fsp3) is 0.462. The first-order chi connectivity index (χ1) is 8.11. The first-order valence-corrected chi connectivity index (χ1v) is 5.69. The molecule has 0 radical (unpaired) electrons. The summed E-state index contributed by atoms with van der Waals surface area (Å²) in [6, 6.07) is 8.01. The van der Waals surface area contributed by atoms with Crippen molar-refractivity contribution in [2.75, 3.05) is 20.7 Å². The molecule has 17 heavy (non-hydrogen) atoms. The summed E-state index contributed by atoms with van der Waals surface area (Å²) in [6.45, 7) is 0.608. The Labute approximate surface area is 101 Å². The standard InChI is InChI=1S/C13H17NO3/c1-14-8-10(13(15)16)7-12(14)9-4-3-5-11(6-9)17-2/h3-6,10,12H,7-8H2,1-2H3,(H,15,16)/t10-,12+/m1/s1. The van der Waals surface area contributed by atoms with Gasteiger partial charge < -0.3 is 9.84 Å². The highest BCUT2D eigenvalue weighted by atomic mass is 16.5. The molecule has 0 amide bonds. The van der Waals surface area contributed by atoms with E-state index in [1.165, 1.54) is 0 Å². The van der Waals surface area contributed by atoms with E-state index in [2.05, 4.69) is 4.90 Å².